The molecule has 4 aromatic heterocycles. The molecule has 0 saturated heterocycles. The smallest absolute Gasteiger partial charge is 0.307 e. The molecule has 0 aliphatic heterocycles. The summed E-state index contributed by atoms with van der Waals surface area (Å²) in [6, 6.07) is 35.8. The summed E-state index contributed by atoms with van der Waals surface area (Å²) < 4.78 is 42.2. The topological polar surface area (TPSA) is 105 Å². The average Bonchev–Trinajstić information content (AvgIpc) is 3.43. The highest BCUT2D eigenvalue weighted by Gasteiger charge is 2.41. The molecule has 0 amide bonds. The number of hydrogen-bond acceptors (Lipinski definition) is 8. The zero-order chi connectivity index (χ0) is 32.6. The molecular formula is C37H30N4O5S. The number of methoxy groups -OCH3 is 2. The molecule has 10 heteroatoms. The SMILES string of the molecule is COc1ccc(C(c2ccccc2)(c2ccc(OC)cc2)n2c3ccncc3c3ccc(-c4ccnc(OS(C)(=O)=O)c4)nc32)cc1. The first-order chi connectivity index (χ1) is 22.8. The fourth-order valence-corrected chi connectivity index (χ4v) is 6.63. The van der Waals surface area contributed by atoms with Crippen LogP contribution in [0.1, 0.15) is 16.7 Å². The van der Waals surface area contributed by atoms with Crippen LogP contribution < -0.4 is 13.7 Å². The monoisotopic (exact) mass is 642 g/mol. The van der Waals surface area contributed by atoms with Gasteiger partial charge in [0.1, 0.15) is 22.7 Å². The molecule has 0 aliphatic carbocycles. The van der Waals surface area contributed by atoms with E-state index in [-0.39, 0.29) is 5.88 Å². The summed E-state index contributed by atoms with van der Waals surface area (Å²) in [5.74, 6) is 1.44. The number of nitrogens with zero attached hydrogens (tertiary/aromatic N) is 4. The predicted octanol–water partition coefficient (Wildman–Crippen LogP) is 6.84. The Bertz CT molecular complexity index is 2270. The summed E-state index contributed by atoms with van der Waals surface area (Å²) in [5.41, 5.74) is 4.90. The van der Waals surface area contributed by atoms with Gasteiger partial charge in [0, 0.05) is 41.0 Å². The van der Waals surface area contributed by atoms with Crippen LogP contribution in [0.4, 0.5) is 0 Å². The van der Waals surface area contributed by atoms with Crippen molar-refractivity contribution in [2.75, 3.05) is 20.5 Å². The lowest BCUT2D eigenvalue weighted by Gasteiger charge is -2.39. The molecule has 0 fully saturated rings. The van der Waals surface area contributed by atoms with E-state index < -0.39 is 15.7 Å². The maximum atomic E-state index is 11.9. The van der Waals surface area contributed by atoms with E-state index in [2.05, 4.69) is 50.9 Å². The lowest BCUT2D eigenvalue weighted by atomic mass is 9.76. The minimum Gasteiger partial charge on any atom is -0.497 e. The summed E-state index contributed by atoms with van der Waals surface area (Å²) in [5, 5.41) is 1.83. The second-order valence-electron chi connectivity index (χ2n) is 11.0. The Kier molecular flexibility index (Phi) is 7.57. The van der Waals surface area contributed by atoms with E-state index >= 15 is 0 Å². The standard InChI is InChI=1S/C37H30N4O5S/c1-44-29-13-9-27(10-14-29)37(26-7-5-4-6-8-26,28-11-15-30(45-2)16-12-28)41-34-20-21-38-24-32(34)31-17-18-33(40-36(31)41)25-19-22-39-35(23-25)46-47(3,42)43/h4-24H,1-3H3. The van der Waals surface area contributed by atoms with Crippen molar-refractivity contribution in [3.8, 4) is 28.6 Å². The first-order valence-corrected chi connectivity index (χ1v) is 16.6. The van der Waals surface area contributed by atoms with Gasteiger partial charge in [-0.1, -0.05) is 54.6 Å². The highest BCUT2D eigenvalue weighted by Crippen LogP contribution is 2.46. The fourth-order valence-electron chi connectivity index (χ4n) is 6.23. The largest absolute Gasteiger partial charge is 0.497 e. The van der Waals surface area contributed by atoms with E-state index in [1.165, 1.54) is 6.20 Å². The molecular weight excluding hydrogens is 612 g/mol. The van der Waals surface area contributed by atoms with Crippen LogP contribution in [-0.2, 0) is 15.7 Å². The van der Waals surface area contributed by atoms with Gasteiger partial charge in [-0.15, -0.1) is 0 Å². The number of ether oxygens (including phenoxy) is 2. The number of benzene rings is 3. The molecule has 9 nitrogen and oxygen atoms in total. The second-order valence-corrected chi connectivity index (χ2v) is 12.6. The maximum Gasteiger partial charge on any atom is 0.307 e. The summed E-state index contributed by atoms with van der Waals surface area (Å²) in [6.45, 7) is 0. The minimum absolute atomic E-state index is 0.0354. The Labute approximate surface area is 272 Å². The molecule has 0 radical (unpaired) electrons. The van der Waals surface area contributed by atoms with Crippen LogP contribution in [0.5, 0.6) is 17.4 Å². The van der Waals surface area contributed by atoms with Crippen LogP contribution in [0.15, 0.2) is 128 Å². The maximum absolute atomic E-state index is 11.9. The predicted molar refractivity (Wildman–Crippen MR) is 181 cm³/mol. The van der Waals surface area contributed by atoms with Gasteiger partial charge in [-0.3, -0.25) is 4.98 Å². The highest BCUT2D eigenvalue weighted by molar-refractivity contribution is 7.86. The van der Waals surface area contributed by atoms with Gasteiger partial charge in [0.2, 0.25) is 5.88 Å². The van der Waals surface area contributed by atoms with E-state index in [0.29, 0.717) is 16.9 Å². The quantitative estimate of drug-likeness (QED) is 0.125. The molecule has 0 saturated carbocycles. The van der Waals surface area contributed by atoms with Crippen LogP contribution >= 0.6 is 0 Å². The number of fused-ring (bicyclic) bond motifs is 3. The van der Waals surface area contributed by atoms with Gasteiger partial charge in [-0.2, -0.15) is 8.42 Å². The Balaban J connectivity index is 1.61. The summed E-state index contributed by atoms with van der Waals surface area (Å²) in [4.78, 5) is 13.9. The van der Waals surface area contributed by atoms with Crippen LogP contribution in [-0.4, -0.2) is 48.4 Å². The Hall–Kier alpha value is -5.74. The van der Waals surface area contributed by atoms with Crippen molar-refractivity contribution in [3.05, 3.63) is 144 Å². The van der Waals surface area contributed by atoms with Crippen LogP contribution in [0.2, 0.25) is 0 Å². The van der Waals surface area contributed by atoms with Crippen LogP contribution in [0.3, 0.4) is 0 Å². The van der Waals surface area contributed by atoms with Crippen molar-refractivity contribution in [3.63, 3.8) is 0 Å². The number of hydrogen-bond donors (Lipinski definition) is 0. The molecule has 3 aromatic carbocycles. The van der Waals surface area contributed by atoms with Crippen molar-refractivity contribution in [2.45, 2.75) is 5.54 Å². The molecule has 234 valence electrons. The fraction of sp³-hybridized carbons (Fsp3) is 0.108. The highest BCUT2D eigenvalue weighted by atomic mass is 32.2. The molecule has 47 heavy (non-hydrogen) atoms. The van der Waals surface area contributed by atoms with E-state index in [9.17, 15) is 8.42 Å². The Morgan fingerprint density at radius 2 is 1.34 bits per heavy atom. The van der Waals surface area contributed by atoms with Gasteiger partial charge in [0.05, 0.1) is 31.7 Å². The molecule has 0 aliphatic rings. The molecule has 0 unspecified atom stereocenters. The van der Waals surface area contributed by atoms with Crippen molar-refractivity contribution >= 4 is 32.1 Å². The van der Waals surface area contributed by atoms with Crippen molar-refractivity contribution < 1.29 is 22.1 Å². The third-order valence-corrected chi connectivity index (χ3v) is 8.70. The van der Waals surface area contributed by atoms with Crippen molar-refractivity contribution in [1.29, 1.82) is 0 Å². The Morgan fingerprint density at radius 3 is 1.96 bits per heavy atom. The minimum atomic E-state index is -3.77. The third kappa shape index (κ3) is 5.32. The number of rotatable bonds is 9. The molecule has 4 heterocycles. The zero-order valence-electron chi connectivity index (χ0n) is 25.9. The van der Waals surface area contributed by atoms with Gasteiger partial charge in [-0.25, -0.2) is 9.97 Å². The lowest BCUT2D eigenvalue weighted by molar-refractivity contribution is 0.413. The van der Waals surface area contributed by atoms with Gasteiger partial charge >= 0.3 is 10.1 Å². The average molecular weight is 643 g/mol. The molecule has 0 spiro atoms. The van der Waals surface area contributed by atoms with E-state index in [0.717, 1.165) is 50.7 Å². The normalized spacial score (nSPS) is 11.9. The molecule has 0 atom stereocenters. The number of pyridine rings is 3. The van der Waals surface area contributed by atoms with Gasteiger partial charge < -0.3 is 18.2 Å². The first-order valence-electron chi connectivity index (χ1n) is 14.8. The first kappa shape index (κ1) is 29.9. The summed E-state index contributed by atoms with van der Waals surface area (Å²) in [7, 11) is -0.463. The van der Waals surface area contributed by atoms with Crippen molar-refractivity contribution in [1.82, 2.24) is 19.5 Å². The molecule has 0 bridgehead atoms. The molecule has 0 N–H and O–H groups in total. The zero-order valence-corrected chi connectivity index (χ0v) is 26.7. The molecule has 7 rings (SSSR count). The van der Waals surface area contributed by atoms with Crippen LogP contribution in [0.25, 0.3) is 33.2 Å². The van der Waals surface area contributed by atoms with Gasteiger partial charge in [0.15, 0.2) is 0 Å². The Morgan fingerprint density at radius 1 is 0.702 bits per heavy atom. The summed E-state index contributed by atoms with van der Waals surface area (Å²) >= 11 is 0. The van der Waals surface area contributed by atoms with E-state index in [4.69, 9.17) is 18.6 Å². The third-order valence-electron chi connectivity index (χ3n) is 8.23. The lowest BCUT2D eigenvalue weighted by Crippen LogP contribution is -2.37. The van der Waals surface area contributed by atoms with E-state index in [1.807, 2.05) is 66.9 Å². The van der Waals surface area contributed by atoms with Crippen molar-refractivity contribution in [2.24, 2.45) is 0 Å². The summed E-state index contributed by atoms with van der Waals surface area (Å²) in [6.07, 6.45) is 6.13. The van der Waals surface area contributed by atoms with E-state index in [1.54, 1.807) is 32.5 Å². The van der Waals surface area contributed by atoms with Gasteiger partial charge in [0.25, 0.3) is 0 Å². The molecule has 7 aromatic rings. The van der Waals surface area contributed by atoms with Crippen LogP contribution in [0, 0.1) is 0 Å². The second kappa shape index (κ2) is 11.9. The van der Waals surface area contributed by atoms with Gasteiger partial charge in [-0.05, 0) is 65.2 Å². The number of aromatic nitrogens is 4.